The first-order valence-electron chi connectivity index (χ1n) is 8.09. The normalized spacial score (nSPS) is 12.9. The van der Waals surface area contributed by atoms with Crippen molar-refractivity contribution in [1.82, 2.24) is 23.8 Å². The third kappa shape index (κ3) is 2.19. The van der Waals surface area contributed by atoms with Crippen molar-refractivity contribution in [3.05, 3.63) is 72.8 Å². The van der Waals surface area contributed by atoms with E-state index in [1.807, 2.05) is 0 Å². The lowest BCUT2D eigenvalue weighted by molar-refractivity contribution is 0.0880. The van der Waals surface area contributed by atoms with Crippen LogP contribution >= 0.6 is 0 Å². The van der Waals surface area contributed by atoms with Gasteiger partial charge in [0.25, 0.3) is 17.4 Å². The highest BCUT2D eigenvalue weighted by molar-refractivity contribution is 6.23. The van der Waals surface area contributed by atoms with Crippen molar-refractivity contribution in [2.75, 3.05) is 5.73 Å². The fraction of sp³-hybridized carbons (Fsp3) is 0.118. The number of nitrogens with zero attached hydrogens (tertiary/aromatic N) is 4. The van der Waals surface area contributed by atoms with Gasteiger partial charge in [-0.05, 0) is 18.2 Å². The molecule has 4 rings (SSSR count). The molecule has 0 saturated carbocycles. The molecule has 1 aliphatic heterocycles. The fourth-order valence-electron chi connectivity index (χ4n) is 3.17. The molecule has 0 bridgehead atoms. The highest BCUT2D eigenvalue weighted by Gasteiger charge is 2.31. The number of benzene rings is 1. The van der Waals surface area contributed by atoms with Crippen molar-refractivity contribution in [3.63, 3.8) is 0 Å². The summed E-state index contributed by atoms with van der Waals surface area (Å²) in [4.78, 5) is 61.0. The number of pyridine rings is 1. The molecular weight excluding hydrogens is 368 g/mol. The summed E-state index contributed by atoms with van der Waals surface area (Å²) in [5, 5.41) is 2.09. The number of carbonyl (C=O) groups excluding carboxylic acids is 2. The van der Waals surface area contributed by atoms with Gasteiger partial charge in [-0.25, -0.2) is 23.5 Å². The van der Waals surface area contributed by atoms with Crippen molar-refractivity contribution in [1.29, 1.82) is 0 Å². The molecule has 0 spiro atoms. The highest BCUT2D eigenvalue weighted by Crippen LogP contribution is 2.23. The smallest absolute Gasteiger partial charge is 0.351 e. The van der Waals surface area contributed by atoms with Crippen LogP contribution in [0.2, 0.25) is 0 Å². The fourth-order valence-corrected chi connectivity index (χ4v) is 3.17. The minimum Gasteiger partial charge on any atom is -0.384 e. The van der Waals surface area contributed by atoms with Gasteiger partial charge in [0.15, 0.2) is 0 Å². The zero-order chi connectivity index (χ0) is 20.3. The van der Waals surface area contributed by atoms with E-state index in [0.717, 1.165) is 24.6 Å². The minimum absolute atomic E-state index is 0.0898. The van der Waals surface area contributed by atoms with Gasteiger partial charge in [-0.1, -0.05) is 6.07 Å². The van der Waals surface area contributed by atoms with Crippen molar-refractivity contribution in [3.8, 4) is 11.4 Å². The van der Waals surface area contributed by atoms with Crippen LogP contribution in [0.15, 0.2) is 44.7 Å². The number of anilines is 1. The predicted molar refractivity (Wildman–Crippen MR) is 98.1 cm³/mol. The van der Waals surface area contributed by atoms with Crippen molar-refractivity contribution >= 4 is 17.6 Å². The summed E-state index contributed by atoms with van der Waals surface area (Å²) in [5.74, 6) is -1.60. The number of carbonyl (C=O) groups is 2. The largest absolute Gasteiger partial charge is 0.384 e. The molecule has 3 heterocycles. The highest BCUT2D eigenvalue weighted by atomic mass is 16.2. The molecule has 0 atom stereocenters. The van der Waals surface area contributed by atoms with E-state index in [0.29, 0.717) is 0 Å². The number of rotatable bonds is 2. The summed E-state index contributed by atoms with van der Waals surface area (Å²) >= 11 is 0. The molecule has 0 fully saturated rings. The van der Waals surface area contributed by atoms with Crippen LogP contribution < -0.4 is 28.0 Å². The Kier molecular flexibility index (Phi) is 3.50. The molecule has 0 unspecified atom stereocenters. The van der Waals surface area contributed by atoms with Gasteiger partial charge in [0.1, 0.15) is 5.82 Å². The second-order valence-electron chi connectivity index (χ2n) is 6.24. The number of hydrogen-bond acceptors (Lipinski definition) is 6. The Morgan fingerprint density at radius 3 is 2.00 bits per heavy atom. The number of hydrogen-bond donors (Lipinski definition) is 2. The topological polar surface area (TPSA) is 143 Å². The Morgan fingerprint density at radius 1 is 0.821 bits per heavy atom. The van der Waals surface area contributed by atoms with Gasteiger partial charge in [-0.3, -0.25) is 24.3 Å². The van der Waals surface area contributed by atoms with Gasteiger partial charge in [0.2, 0.25) is 0 Å². The van der Waals surface area contributed by atoms with E-state index in [2.05, 4.69) is 5.32 Å². The number of imide groups is 1. The maximum Gasteiger partial charge on any atom is 0.351 e. The molecule has 2 aromatic heterocycles. The maximum absolute atomic E-state index is 12.5. The van der Waals surface area contributed by atoms with Gasteiger partial charge in [0, 0.05) is 20.2 Å². The number of nitrogens with two attached hydrogens (primary N) is 1. The maximum atomic E-state index is 12.5. The molecule has 0 radical (unpaired) electrons. The third-order valence-electron chi connectivity index (χ3n) is 4.69. The van der Waals surface area contributed by atoms with Crippen LogP contribution in [0.1, 0.15) is 20.7 Å². The van der Waals surface area contributed by atoms with Crippen molar-refractivity contribution in [2.24, 2.45) is 14.1 Å². The van der Waals surface area contributed by atoms with Crippen LogP contribution in [0.25, 0.3) is 11.4 Å². The minimum atomic E-state index is -0.699. The van der Waals surface area contributed by atoms with Gasteiger partial charge in [-0.15, -0.1) is 0 Å². The van der Waals surface area contributed by atoms with E-state index >= 15 is 0 Å². The number of aromatic nitrogens is 4. The third-order valence-corrected chi connectivity index (χ3v) is 4.69. The second kappa shape index (κ2) is 5.67. The first kappa shape index (κ1) is 17.3. The Hall–Kier alpha value is -4.15. The number of nitrogen functional groups attached to an aromatic ring is 1. The van der Waals surface area contributed by atoms with Crippen LogP contribution in [0.3, 0.4) is 0 Å². The van der Waals surface area contributed by atoms with E-state index in [9.17, 15) is 24.0 Å². The second-order valence-corrected chi connectivity index (χ2v) is 6.24. The summed E-state index contributed by atoms with van der Waals surface area (Å²) in [5.41, 5.74) is 4.51. The van der Waals surface area contributed by atoms with Gasteiger partial charge >= 0.3 is 11.4 Å². The Bertz CT molecular complexity index is 1340. The summed E-state index contributed by atoms with van der Waals surface area (Å²) in [7, 11) is 2.89. The lowest BCUT2D eigenvalue weighted by Crippen LogP contribution is -2.27. The van der Waals surface area contributed by atoms with Crippen molar-refractivity contribution in [2.45, 2.75) is 0 Å². The van der Waals surface area contributed by atoms with Crippen LogP contribution in [0, 0.1) is 0 Å². The molecule has 0 saturated heterocycles. The van der Waals surface area contributed by atoms with E-state index < -0.39 is 28.8 Å². The Balaban J connectivity index is 1.98. The van der Waals surface area contributed by atoms with Crippen molar-refractivity contribution < 1.29 is 9.59 Å². The molecule has 1 aromatic carbocycles. The molecule has 3 aromatic rings. The average molecular weight is 382 g/mol. The summed E-state index contributed by atoms with van der Waals surface area (Å²) in [6.45, 7) is 0. The lowest BCUT2D eigenvalue weighted by atomic mass is 10.1. The standard InChI is InChI=1S/C17H14N6O5/c1-20-16(27)23(17(28)21(20)2)9-5-3-4-8(6-9)22-11(24)7-10-12(13(22)18)15(26)19-14(10)25/h3-7H,18H2,1-2H3,(H,19,25,26). The first-order chi connectivity index (χ1) is 13.2. The average Bonchev–Trinajstić information content (AvgIpc) is 3.03. The molecule has 11 nitrogen and oxygen atoms in total. The zero-order valence-electron chi connectivity index (χ0n) is 14.8. The Morgan fingerprint density at radius 2 is 1.39 bits per heavy atom. The summed E-state index contributed by atoms with van der Waals surface area (Å²) in [6.07, 6.45) is 0. The Labute approximate surface area is 155 Å². The number of fused-ring (bicyclic) bond motifs is 1. The number of nitrogens with one attached hydrogen (secondary N) is 1. The summed E-state index contributed by atoms with van der Waals surface area (Å²) in [6, 6.07) is 7.03. The van der Waals surface area contributed by atoms with Crippen LogP contribution in [0.5, 0.6) is 0 Å². The van der Waals surface area contributed by atoms with Crippen LogP contribution in [-0.2, 0) is 14.1 Å². The SMILES string of the molecule is Cn1c(=O)n(-c2cccc(-n3c(N)c4c(cc3=O)C(=O)NC4=O)c2)c(=O)n1C. The monoisotopic (exact) mass is 382 g/mol. The zero-order valence-corrected chi connectivity index (χ0v) is 14.8. The van der Waals surface area contributed by atoms with Crippen LogP contribution in [-0.4, -0.2) is 30.3 Å². The molecule has 3 N–H and O–H groups in total. The lowest BCUT2D eigenvalue weighted by Gasteiger charge is -2.12. The molecular formula is C17H14N6O5. The van der Waals surface area contributed by atoms with E-state index in [-0.39, 0.29) is 28.3 Å². The quantitative estimate of drug-likeness (QED) is 0.516. The number of amides is 2. The molecule has 11 heteroatoms. The molecule has 142 valence electrons. The van der Waals surface area contributed by atoms with E-state index in [1.54, 1.807) is 0 Å². The van der Waals surface area contributed by atoms with Gasteiger partial charge < -0.3 is 5.73 Å². The summed E-state index contributed by atoms with van der Waals surface area (Å²) < 4.78 is 4.26. The van der Waals surface area contributed by atoms with Crippen LogP contribution in [0.4, 0.5) is 5.82 Å². The van der Waals surface area contributed by atoms with Gasteiger partial charge in [-0.2, -0.15) is 0 Å². The molecule has 2 amide bonds. The van der Waals surface area contributed by atoms with Gasteiger partial charge in [0.05, 0.1) is 22.5 Å². The van der Waals surface area contributed by atoms with E-state index in [4.69, 9.17) is 5.73 Å². The van der Waals surface area contributed by atoms with E-state index in [1.165, 1.54) is 38.4 Å². The molecule has 0 aliphatic carbocycles. The predicted octanol–water partition coefficient (Wildman–Crippen LogP) is -1.51. The first-order valence-corrected chi connectivity index (χ1v) is 8.09. The molecule has 28 heavy (non-hydrogen) atoms. The molecule has 1 aliphatic rings.